The highest BCUT2D eigenvalue weighted by molar-refractivity contribution is 5.78. The van der Waals surface area contributed by atoms with E-state index in [0.29, 0.717) is 18.1 Å². The molecule has 0 spiro atoms. The Morgan fingerprint density at radius 2 is 1.46 bits per heavy atom. The summed E-state index contributed by atoms with van der Waals surface area (Å²) in [5, 5.41) is 4.10. The number of benzene rings is 3. The van der Waals surface area contributed by atoms with Gasteiger partial charge in [0.2, 0.25) is 0 Å². The summed E-state index contributed by atoms with van der Waals surface area (Å²) in [6.07, 6.45) is -0.0162. The van der Waals surface area contributed by atoms with Crippen LogP contribution >= 0.6 is 0 Å². The molecule has 1 aromatic heterocycles. The molecule has 0 aliphatic heterocycles. The van der Waals surface area contributed by atoms with Crippen LogP contribution < -0.4 is 0 Å². The fourth-order valence-electron chi connectivity index (χ4n) is 4.32. The molecule has 0 fully saturated rings. The Balaban J connectivity index is 1.45. The molecule has 3 aromatic carbocycles. The lowest BCUT2D eigenvalue weighted by Gasteiger charge is -2.15. The molecule has 4 aromatic rings. The van der Waals surface area contributed by atoms with Crippen molar-refractivity contribution in [3.63, 3.8) is 0 Å². The number of hydrogen-bond acceptors (Lipinski definition) is 6. The van der Waals surface area contributed by atoms with E-state index in [1.165, 1.54) is 0 Å². The number of aryl methyl sites for hydroxylation is 2. The summed E-state index contributed by atoms with van der Waals surface area (Å²) in [5.41, 5.74) is 7.25. The van der Waals surface area contributed by atoms with Crippen molar-refractivity contribution in [2.75, 3.05) is 6.61 Å². The number of ether oxygens (including phenoxy) is 2. The van der Waals surface area contributed by atoms with E-state index in [0.717, 1.165) is 38.9 Å². The summed E-state index contributed by atoms with van der Waals surface area (Å²) in [5.74, 6) is 0.00318. The Kier molecular flexibility index (Phi) is 8.18. The highest BCUT2D eigenvalue weighted by Crippen LogP contribution is 2.30. The molecule has 190 valence electrons. The minimum atomic E-state index is -0.347. The number of rotatable bonds is 9. The van der Waals surface area contributed by atoms with E-state index in [1.807, 2.05) is 93.6 Å². The topological polar surface area (TPSA) is 78.6 Å². The molecule has 6 heteroatoms. The second-order valence-corrected chi connectivity index (χ2v) is 9.00. The number of aromatic nitrogens is 1. The van der Waals surface area contributed by atoms with Gasteiger partial charge in [0.1, 0.15) is 6.10 Å². The first-order valence-electron chi connectivity index (χ1n) is 12.4. The van der Waals surface area contributed by atoms with Crippen molar-refractivity contribution >= 4 is 11.9 Å². The van der Waals surface area contributed by atoms with E-state index < -0.39 is 0 Å². The maximum Gasteiger partial charge on any atom is 0.311 e. The van der Waals surface area contributed by atoms with Crippen molar-refractivity contribution in [2.24, 2.45) is 0 Å². The molecule has 0 aliphatic rings. The lowest BCUT2D eigenvalue weighted by Crippen LogP contribution is -2.13. The van der Waals surface area contributed by atoms with E-state index in [1.54, 1.807) is 6.92 Å². The van der Waals surface area contributed by atoms with Gasteiger partial charge in [0.05, 0.1) is 25.1 Å². The Morgan fingerprint density at radius 1 is 0.838 bits per heavy atom. The lowest BCUT2D eigenvalue weighted by molar-refractivity contribution is -0.147. The van der Waals surface area contributed by atoms with Crippen molar-refractivity contribution < 1.29 is 23.6 Å². The van der Waals surface area contributed by atoms with Gasteiger partial charge in [-0.3, -0.25) is 9.59 Å². The molecule has 0 amide bonds. The number of nitrogens with zero attached hydrogens (tertiary/aromatic N) is 1. The standard InChI is InChI=1S/C31H31NO5/c1-5-35-29(33)18-23-10-12-24(13-11-23)25-14-16-26(17-15-25)31-28(21(3)32-37-31)19-30(34)36-22(4)27-9-7-6-8-20(27)2/h6-17,22H,5,18-19H2,1-4H3/t22-/m1/s1. The molecular weight excluding hydrogens is 466 g/mol. The molecule has 0 aliphatic carbocycles. The molecule has 1 heterocycles. The summed E-state index contributed by atoms with van der Waals surface area (Å²) in [7, 11) is 0. The smallest absolute Gasteiger partial charge is 0.311 e. The molecule has 0 N–H and O–H groups in total. The number of carbonyl (C=O) groups is 2. The van der Waals surface area contributed by atoms with Gasteiger partial charge in [-0.2, -0.15) is 0 Å². The van der Waals surface area contributed by atoms with E-state index in [-0.39, 0.29) is 30.9 Å². The van der Waals surface area contributed by atoms with Gasteiger partial charge in [0.15, 0.2) is 5.76 Å². The van der Waals surface area contributed by atoms with Crippen LogP contribution in [0.3, 0.4) is 0 Å². The second-order valence-electron chi connectivity index (χ2n) is 9.00. The Labute approximate surface area is 217 Å². The molecule has 0 saturated carbocycles. The minimum Gasteiger partial charge on any atom is -0.466 e. The zero-order valence-corrected chi connectivity index (χ0v) is 21.6. The number of carbonyl (C=O) groups excluding carboxylic acids is 2. The van der Waals surface area contributed by atoms with E-state index in [2.05, 4.69) is 5.16 Å². The van der Waals surface area contributed by atoms with Crippen LogP contribution in [0.15, 0.2) is 77.3 Å². The third kappa shape index (κ3) is 6.33. The van der Waals surface area contributed by atoms with Crippen molar-refractivity contribution in [2.45, 2.75) is 46.6 Å². The van der Waals surface area contributed by atoms with Crippen LogP contribution in [-0.4, -0.2) is 23.7 Å². The van der Waals surface area contributed by atoms with Crippen molar-refractivity contribution in [1.82, 2.24) is 5.16 Å². The van der Waals surface area contributed by atoms with Crippen LogP contribution in [0.2, 0.25) is 0 Å². The largest absolute Gasteiger partial charge is 0.466 e. The monoisotopic (exact) mass is 497 g/mol. The molecule has 0 saturated heterocycles. The average Bonchev–Trinajstić information content (AvgIpc) is 3.24. The molecule has 1 atom stereocenters. The predicted octanol–water partition coefficient (Wildman–Crippen LogP) is 6.58. The summed E-state index contributed by atoms with van der Waals surface area (Å²) in [4.78, 5) is 24.5. The lowest BCUT2D eigenvalue weighted by atomic mass is 9.99. The zero-order chi connectivity index (χ0) is 26.4. The van der Waals surface area contributed by atoms with Gasteiger partial charge in [-0.05, 0) is 55.5 Å². The van der Waals surface area contributed by atoms with Gasteiger partial charge < -0.3 is 14.0 Å². The maximum atomic E-state index is 12.8. The molecule has 0 bridgehead atoms. The van der Waals surface area contributed by atoms with Crippen LogP contribution in [0, 0.1) is 13.8 Å². The summed E-state index contributed by atoms with van der Waals surface area (Å²) < 4.78 is 16.3. The van der Waals surface area contributed by atoms with Crippen molar-refractivity contribution in [1.29, 1.82) is 0 Å². The van der Waals surface area contributed by atoms with E-state index in [9.17, 15) is 9.59 Å². The van der Waals surface area contributed by atoms with E-state index >= 15 is 0 Å². The average molecular weight is 498 g/mol. The third-order valence-corrected chi connectivity index (χ3v) is 6.33. The van der Waals surface area contributed by atoms with Gasteiger partial charge in [-0.15, -0.1) is 0 Å². The summed E-state index contributed by atoms with van der Waals surface area (Å²) in [6.45, 7) is 7.88. The van der Waals surface area contributed by atoms with Crippen LogP contribution in [0.4, 0.5) is 0 Å². The SMILES string of the molecule is CCOC(=O)Cc1ccc(-c2ccc(-c3onc(C)c3CC(=O)O[C@H](C)c3ccccc3C)cc2)cc1. The Hall–Kier alpha value is -4.19. The van der Waals surface area contributed by atoms with Gasteiger partial charge in [0, 0.05) is 11.1 Å². The van der Waals surface area contributed by atoms with Gasteiger partial charge in [-0.1, -0.05) is 78.0 Å². The molecule has 4 rings (SSSR count). The van der Waals surface area contributed by atoms with Gasteiger partial charge in [-0.25, -0.2) is 0 Å². The van der Waals surface area contributed by atoms with Gasteiger partial charge >= 0.3 is 11.9 Å². The van der Waals surface area contributed by atoms with E-state index in [4.69, 9.17) is 14.0 Å². The van der Waals surface area contributed by atoms with Crippen LogP contribution in [0.25, 0.3) is 22.5 Å². The first kappa shape index (κ1) is 25.9. The van der Waals surface area contributed by atoms with Crippen molar-refractivity contribution in [3.8, 4) is 22.5 Å². The molecule has 0 radical (unpaired) electrons. The van der Waals surface area contributed by atoms with Gasteiger partial charge in [0.25, 0.3) is 0 Å². The quantitative estimate of drug-likeness (QED) is 0.243. The van der Waals surface area contributed by atoms with Crippen LogP contribution in [0.5, 0.6) is 0 Å². The first-order chi connectivity index (χ1) is 17.9. The van der Waals surface area contributed by atoms with Crippen molar-refractivity contribution in [3.05, 3.63) is 101 Å². The molecular formula is C31H31NO5. The summed E-state index contributed by atoms with van der Waals surface area (Å²) >= 11 is 0. The fraction of sp³-hybridized carbons (Fsp3) is 0.258. The first-order valence-corrected chi connectivity index (χ1v) is 12.4. The number of esters is 2. The molecule has 6 nitrogen and oxygen atoms in total. The van der Waals surface area contributed by atoms with Crippen LogP contribution in [0.1, 0.15) is 47.9 Å². The number of hydrogen-bond donors (Lipinski definition) is 0. The zero-order valence-electron chi connectivity index (χ0n) is 21.6. The fourth-order valence-corrected chi connectivity index (χ4v) is 4.32. The molecule has 0 unspecified atom stereocenters. The second kappa shape index (κ2) is 11.7. The highest BCUT2D eigenvalue weighted by Gasteiger charge is 2.21. The highest BCUT2D eigenvalue weighted by atomic mass is 16.5. The predicted molar refractivity (Wildman–Crippen MR) is 142 cm³/mol. The Bertz CT molecular complexity index is 1370. The summed E-state index contributed by atoms with van der Waals surface area (Å²) in [6, 6.07) is 23.6. The normalized spacial score (nSPS) is 11.7. The maximum absolute atomic E-state index is 12.8. The van der Waals surface area contributed by atoms with Crippen LogP contribution in [-0.2, 0) is 31.9 Å². The molecule has 37 heavy (non-hydrogen) atoms. The minimum absolute atomic E-state index is 0.0740. The Morgan fingerprint density at radius 3 is 2.11 bits per heavy atom. The third-order valence-electron chi connectivity index (χ3n) is 6.33.